The minimum Gasteiger partial charge on any atom is -0.488 e. The highest BCUT2D eigenvalue weighted by Crippen LogP contribution is 2.39. The molecular weight excluding hydrogens is 466 g/mol. The third kappa shape index (κ3) is 3.83. The average molecular weight is 488 g/mol. The largest absolute Gasteiger partial charge is 0.488 e. The number of halogens is 2. The van der Waals surface area contributed by atoms with Crippen LogP contribution < -0.4 is 14.4 Å². The molecule has 0 saturated carbocycles. The summed E-state index contributed by atoms with van der Waals surface area (Å²) in [4.78, 5) is 1.43. The first-order valence-electron chi connectivity index (χ1n) is 10.1. The van der Waals surface area contributed by atoms with Gasteiger partial charge in [-0.05, 0) is 57.0 Å². The Morgan fingerprint density at radius 1 is 1.10 bits per heavy atom. The van der Waals surface area contributed by atoms with Crippen molar-refractivity contribution in [2.24, 2.45) is 0 Å². The monoisotopic (exact) mass is 486 g/mol. The van der Waals surface area contributed by atoms with Crippen LogP contribution in [0.1, 0.15) is 11.6 Å². The zero-order chi connectivity index (χ0) is 20.5. The second kappa shape index (κ2) is 8.60. The fraction of sp³-hybridized carbons (Fsp3) is 0.250. The summed E-state index contributed by atoms with van der Waals surface area (Å²) in [6.45, 7) is 3.82. The molecule has 3 aromatic carbocycles. The number of nitrogens with one attached hydrogen (secondary N) is 1. The van der Waals surface area contributed by atoms with Crippen LogP contribution in [0.25, 0.3) is 10.8 Å². The van der Waals surface area contributed by atoms with E-state index in [2.05, 4.69) is 34.1 Å². The zero-order valence-corrected chi connectivity index (χ0v) is 18.7. The van der Waals surface area contributed by atoms with Crippen molar-refractivity contribution >= 4 is 38.3 Å². The summed E-state index contributed by atoms with van der Waals surface area (Å²) in [5.74, 6) is 2.61. The summed E-state index contributed by atoms with van der Waals surface area (Å²) >= 11 is 9.98. The summed E-state index contributed by atoms with van der Waals surface area (Å²) in [6, 6.07) is 18.3. The van der Waals surface area contributed by atoms with E-state index in [1.54, 1.807) is 0 Å². The number of benzene rings is 3. The summed E-state index contributed by atoms with van der Waals surface area (Å²) < 4.78 is 18.8. The van der Waals surface area contributed by atoms with Gasteiger partial charge in [0.15, 0.2) is 11.8 Å². The first-order valence-corrected chi connectivity index (χ1v) is 11.3. The quantitative estimate of drug-likeness (QED) is 0.585. The van der Waals surface area contributed by atoms with Crippen molar-refractivity contribution in [1.82, 2.24) is 0 Å². The summed E-state index contributed by atoms with van der Waals surface area (Å²) in [5.41, 5.74) is 1.14. The average Bonchev–Trinajstić information content (AvgIpc) is 3.13. The lowest BCUT2D eigenvalue weighted by Gasteiger charge is -2.29. The molecule has 2 heterocycles. The zero-order valence-electron chi connectivity index (χ0n) is 16.4. The van der Waals surface area contributed by atoms with E-state index in [1.165, 1.54) is 10.3 Å². The van der Waals surface area contributed by atoms with Gasteiger partial charge >= 0.3 is 0 Å². The number of ether oxygens (including phenoxy) is 3. The number of morpholine rings is 1. The molecule has 1 saturated heterocycles. The van der Waals surface area contributed by atoms with Crippen molar-refractivity contribution in [2.75, 3.05) is 32.9 Å². The number of hydrogen-bond donors (Lipinski definition) is 1. The molecule has 30 heavy (non-hydrogen) atoms. The van der Waals surface area contributed by atoms with Crippen molar-refractivity contribution < 1.29 is 19.1 Å². The van der Waals surface area contributed by atoms with Crippen LogP contribution in [-0.2, 0) is 4.74 Å². The van der Waals surface area contributed by atoms with Crippen molar-refractivity contribution in [2.45, 2.75) is 6.04 Å². The molecule has 2 aliphatic heterocycles. The minimum absolute atomic E-state index is 0.117. The molecule has 1 fully saturated rings. The van der Waals surface area contributed by atoms with Gasteiger partial charge in [-0.15, -0.1) is 0 Å². The standard InChI is InChI=1S/C24H21BrClNO3/c25-23-18-4-2-1-3-16(18)5-7-21(23)29-12-9-22-24(27-10-13-28-14-11-27)19-15-17(26)6-8-20(19)30-22/h1-9,15,24H,10-14H2/p+1/b22-9-/t24-/m0/s1. The Kier molecular flexibility index (Phi) is 5.70. The third-order valence-corrected chi connectivity index (χ3v) is 6.74. The normalized spacial score (nSPS) is 20.3. The highest BCUT2D eigenvalue weighted by molar-refractivity contribution is 9.10. The van der Waals surface area contributed by atoms with Gasteiger partial charge in [0.2, 0.25) is 0 Å². The summed E-state index contributed by atoms with van der Waals surface area (Å²) in [5, 5.41) is 3.04. The topological polar surface area (TPSA) is 32.1 Å². The summed E-state index contributed by atoms with van der Waals surface area (Å²) in [6.07, 6.45) is 2.04. The van der Waals surface area contributed by atoms with E-state index < -0.39 is 0 Å². The van der Waals surface area contributed by atoms with E-state index in [4.69, 9.17) is 25.8 Å². The Morgan fingerprint density at radius 2 is 1.93 bits per heavy atom. The molecule has 5 rings (SSSR count). The van der Waals surface area contributed by atoms with E-state index in [1.807, 2.05) is 42.5 Å². The van der Waals surface area contributed by atoms with Crippen molar-refractivity contribution in [3.05, 3.63) is 81.5 Å². The lowest BCUT2D eigenvalue weighted by Crippen LogP contribution is -3.14. The van der Waals surface area contributed by atoms with Crippen LogP contribution in [-0.4, -0.2) is 32.9 Å². The molecule has 0 spiro atoms. The molecule has 2 aliphatic rings. The van der Waals surface area contributed by atoms with Gasteiger partial charge in [-0.2, -0.15) is 0 Å². The lowest BCUT2D eigenvalue weighted by atomic mass is 10.0. The predicted molar refractivity (Wildman–Crippen MR) is 122 cm³/mol. The highest BCUT2D eigenvalue weighted by Gasteiger charge is 2.38. The SMILES string of the molecule is Clc1ccc2c(c1)[C@H]([NH+]1CCOCC1)/C(=C/COc1ccc3ccccc3c1Br)O2. The second-order valence-electron chi connectivity index (χ2n) is 7.50. The number of hydrogen-bond acceptors (Lipinski definition) is 3. The van der Waals surface area contributed by atoms with Gasteiger partial charge in [0, 0.05) is 5.02 Å². The first kappa shape index (κ1) is 19.9. The third-order valence-electron chi connectivity index (χ3n) is 5.69. The molecule has 0 radical (unpaired) electrons. The number of fused-ring (bicyclic) bond motifs is 2. The van der Waals surface area contributed by atoms with Crippen molar-refractivity contribution in [3.8, 4) is 11.5 Å². The first-order chi connectivity index (χ1) is 14.7. The molecule has 4 nitrogen and oxygen atoms in total. The van der Waals surface area contributed by atoms with Crippen LogP contribution in [0.2, 0.25) is 5.02 Å². The van der Waals surface area contributed by atoms with Crippen molar-refractivity contribution in [1.29, 1.82) is 0 Å². The maximum atomic E-state index is 6.29. The maximum Gasteiger partial charge on any atom is 0.175 e. The molecule has 0 aromatic heterocycles. The Hall–Kier alpha value is -2.05. The maximum absolute atomic E-state index is 6.29. The van der Waals surface area contributed by atoms with Gasteiger partial charge in [-0.3, -0.25) is 0 Å². The lowest BCUT2D eigenvalue weighted by molar-refractivity contribution is -0.933. The van der Waals surface area contributed by atoms with Crippen LogP contribution in [0, 0.1) is 0 Å². The molecule has 0 unspecified atom stereocenters. The van der Waals surface area contributed by atoms with Gasteiger partial charge in [0.25, 0.3) is 0 Å². The highest BCUT2D eigenvalue weighted by atomic mass is 79.9. The van der Waals surface area contributed by atoms with Crippen LogP contribution in [0.5, 0.6) is 11.5 Å². The van der Waals surface area contributed by atoms with Crippen LogP contribution in [0.3, 0.4) is 0 Å². The molecule has 1 N–H and O–H groups in total. The Bertz CT molecular complexity index is 1110. The predicted octanol–water partition coefficient (Wildman–Crippen LogP) is 4.57. The van der Waals surface area contributed by atoms with E-state index in [0.717, 1.165) is 64.0 Å². The van der Waals surface area contributed by atoms with Crippen LogP contribution in [0.4, 0.5) is 0 Å². The van der Waals surface area contributed by atoms with E-state index in [-0.39, 0.29) is 6.04 Å². The van der Waals surface area contributed by atoms with Crippen LogP contribution in [0.15, 0.2) is 70.9 Å². The number of rotatable bonds is 4. The van der Waals surface area contributed by atoms with Gasteiger partial charge in [0.05, 0.1) is 23.2 Å². The van der Waals surface area contributed by atoms with Gasteiger partial charge in [-0.1, -0.05) is 41.9 Å². The number of quaternary nitrogens is 1. The van der Waals surface area contributed by atoms with Crippen molar-refractivity contribution in [3.63, 3.8) is 0 Å². The second-order valence-corrected chi connectivity index (χ2v) is 8.73. The molecule has 0 amide bonds. The Labute approximate surface area is 189 Å². The fourth-order valence-electron chi connectivity index (χ4n) is 4.22. The molecule has 154 valence electrons. The minimum atomic E-state index is 0.117. The molecule has 6 heteroatoms. The van der Waals surface area contributed by atoms with E-state index in [9.17, 15) is 0 Å². The Balaban J connectivity index is 1.39. The summed E-state index contributed by atoms with van der Waals surface area (Å²) in [7, 11) is 0. The van der Waals surface area contributed by atoms with E-state index >= 15 is 0 Å². The molecule has 0 bridgehead atoms. The fourth-order valence-corrected chi connectivity index (χ4v) is 5.01. The molecule has 1 atom stereocenters. The Morgan fingerprint density at radius 3 is 2.80 bits per heavy atom. The van der Waals surface area contributed by atoms with Gasteiger partial charge in [0.1, 0.15) is 31.2 Å². The van der Waals surface area contributed by atoms with E-state index in [0.29, 0.717) is 6.61 Å². The molecule has 3 aromatic rings. The van der Waals surface area contributed by atoms with Gasteiger partial charge < -0.3 is 19.1 Å². The van der Waals surface area contributed by atoms with Gasteiger partial charge in [-0.25, -0.2) is 0 Å². The smallest absolute Gasteiger partial charge is 0.175 e. The molecular formula is C24H22BrClNO3+. The van der Waals surface area contributed by atoms with Crippen LogP contribution >= 0.6 is 27.5 Å². The molecule has 0 aliphatic carbocycles.